The van der Waals surface area contributed by atoms with Gasteiger partial charge in [0.25, 0.3) is 0 Å². The molecule has 1 heterocycles. The van der Waals surface area contributed by atoms with Crippen LogP contribution >= 0.6 is 11.6 Å². The molecule has 0 spiro atoms. The summed E-state index contributed by atoms with van der Waals surface area (Å²) >= 11 is 5.95. The fourth-order valence-electron chi connectivity index (χ4n) is 1.28. The number of ether oxygens (including phenoxy) is 1. The number of rotatable bonds is 0. The van der Waals surface area contributed by atoms with Crippen molar-refractivity contribution >= 4 is 17.3 Å². The van der Waals surface area contributed by atoms with E-state index in [9.17, 15) is 0 Å². The molecule has 64 valence electrons. The third-order valence-electron chi connectivity index (χ3n) is 1.87. The van der Waals surface area contributed by atoms with Gasteiger partial charge in [0.05, 0.1) is 17.3 Å². The van der Waals surface area contributed by atoms with Crippen LogP contribution in [-0.2, 0) is 0 Å². The van der Waals surface area contributed by atoms with E-state index in [4.69, 9.17) is 16.3 Å². The molecule has 2 rings (SSSR count). The number of anilines is 1. The summed E-state index contributed by atoms with van der Waals surface area (Å²) in [5.74, 6) is 0.848. The number of nitrogens with one attached hydrogen (secondary N) is 1. The lowest BCUT2D eigenvalue weighted by atomic mass is 10.2. The lowest BCUT2D eigenvalue weighted by molar-refractivity contribution is 0.226. The van der Waals surface area contributed by atoms with E-state index in [1.807, 2.05) is 25.1 Å². The number of para-hydroxylation sites is 1. The molecule has 1 aliphatic rings. The minimum atomic E-state index is 0.218. The molecule has 12 heavy (non-hydrogen) atoms. The molecule has 3 heteroatoms. The smallest absolute Gasteiger partial charge is 0.144 e. The van der Waals surface area contributed by atoms with Crippen LogP contribution in [0.5, 0.6) is 5.75 Å². The molecule has 1 aliphatic heterocycles. The van der Waals surface area contributed by atoms with Gasteiger partial charge in [0.15, 0.2) is 0 Å². The largest absolute Gasteiger partial charge is 0.487 e. The Bertz CT molecular complexity index is 301. The molecule has 1 atom stereocenters. The highest BCUT2D eigenvalue weighted by Gasteiger charge is 2.16. The van der Waals surface area contributed by atoms with Crippen LogP contribution in [0.15, 0.2) is 18.2 Å². The Morgan fingerprint density at radius 1 is 1.58 bits per heavy atom. The van der Waals surface area contributed by atoms with E-state index in [2.05, 4.69) is 5.32 Å². The van der Waals surface area contributed by atoms with Gasteiger partial charge in [0.1, 0.15) is 11.9 Å². The first kappa shape index (κ1) is 7.74. The standard InChI is InChI=1S/C9H10ClNO/c1-6-5-11-9-7(10)3-2-4-8(9)12-6/h2-4,6,11H,5H2,1H3. The molecule has 0 saturated carbocycles. The molecule has 0 aromatic heterocycles. The van der Waals surface area contributed by atoms with Crippen molar-refractivity contribution < 1.29 is 4.74 Å². The van der Waals surface area contributed by atoms with Crippen LogP contribution in [0.1, 0.15) is 6.92 Å². The lowest BCUT2D eigenvalue weighted by Gasteiger charge is -2.25. The first-order valence-corrected chi connectivity index (χ1v) is 4.34. The maximum Gasteiger partial charge on any atom is 0.144 e. The van der Waals surface area contributed by atoms with Crippen LogP contribution < -0.4 is 10.1 Å². The molecule has 0 aliphatic carbocycles. The van der Waals surface area contributed by atoms with E-state index in [0.717, 1.165) is 23.0 Å². The number of hydrogen-bond donors (Lipinski definition) is 1. The number of hydrogen-bond acceptors (Lipinski definition) is 2. The van der Waals surface area contributed by atoms with Gasteiger partial charge in [0.2, 0.25) is 0 Å². The van der Waals surface area contributed by atoms with Gasteiger partial charge in [-0.15, -0.1) is 0 Å². The Morgan fingerprint density at radius 2 is 2.42 bits per heavy atom. The van der Waals surface area contributed by atoms with Crippen molar-refractivity contribution in [3.05, 3.63) is 23.2 Å². The van der Waals surface area contributed by atoms with Crippen molar-refractivity contribution in [3.63, 3.8) is 0 Å². The van der Waals surface area contributed by atoms with Gasteiger partial charge < -0.3 is 10.1 Å². The van der Waals surface area contributed by atoms with Crippen LogP contribution in [-0.4, -0.2) is 12.6 Å². The summed E-state index contributed by atoms with van der Waals surface area (Å²) in [6, 6.07) is 5.66. The summed E-state index contributed by atoms with van der Waals surface area (Å²) in [5, 5.41) is 3.95. The molecule has 1 N–H and O–H groups in total. The first-order valence-electron chi connectivity index (χ1n) is 3.96. The van der Waals surface area contributed by atoms with E-state index in [-0.39, 0.29) is 6.10 Å². The van der Waals surface area contributed by atoms with E-state index in [0.29, 0.717) is 0 Å². The molecule has 0 bridgehead atoms. The van der Waals surface area contributed by atoms with Crippen molar-refractivity contribution in [1.82, 2.24) is 0 Å². The molecular formula is C9H10ClNO. The average Bonchev–Trinajstić information content (AvgIpc) is 2.04. The van der Waals surface area contributed by atoms with E-state index >= 15 is 0 Å². The van der Waals surface area contributed by atoms with Gasteiger partial charge in [-0.3, -0.25) is 0 Å². The summed E-state index contributed by atoms with van der Waals surface area (Å²) < 4.78 is 5.57. The Hall–Kier alpha value is -0.890. The van der Waals surface area contributed by atoms with Crippen molar-refractivity contribution in [1.29, 1.82) is 0 Å². The predicted octanol–water partition coefficient (Wildman–Crippen LogP) is 2.53. The first-order chi connectivity index (χ1) is 5.77. The summed E-state index contributed by atoms with van der Waals surface area (Å²) in [4.78, 5) is 0. The van der Waals surface area contributed by atoms with Crippen molar-refractivity contribution in [2.75, 3.05) is 11.9 Å². The topological polar surface area (TPSA) is 21.3 Å². The maximum absolute atomic E-state index is 5.95. The van der Waals surface area contributed by atoms with Crippen molar-refractivity contribution in [3.8, 4) is 5.75 Å². The van der Waals surface area contributed by atoms with Crippen molar-refractivity contribution in [2.45, 2.75) is 13.0 Å². The molecule has 0 saturated heterocycles. The Kier molecular flexibility index (Phi) is 1.85. The summed E-state index contributed by atoms with van der Waals surface area (Å²) in [6.45, 7) is 2.84. The number of fused-ring (bicyclic) bond motifs is 1. The van der Waals surface area contributed by atoms with Crippen LogP contribution in [0.2, 0.25) is 5.02 Å². The SMILES string of the molecule is CC1CNc2c(Cl)cccc2O1. The highest BCUT2D eigenvalue weighted by Crippen LogP contribution is 2.34. The Morgan fingerprint density at radius 3 is 3.25 bits per heavy atom. The highest BCUT2D eigenvalue weighted by molar-refractivity contribution is 6.33. The third-order valence-corrected chi connectivity index (χ3v) is 2.18. The van der Waals surface area contributed by atoms with E-state index < -0.39 is 0 Å². The van der Waals surface area contributed by atoms with Gasteiger partial charge in [-0.2, -0.15) is 0 Å². The Labute approximate surface area is 76.5 Å². The monoisotopic (exact) mass is 183 g/mol. The highest BCUT2D eigenvalue weighted by atomic mass is 35.5. The van der Waals surface area contributed by atoms with Gasteiger partial charge in [-0.1, -0.05) is 17.7 Å². The average molecular weight is 184 g/mol. The zero-order valence-electron chi connectivity index (χ0n) is 6.80. The molecule has 2 nitrogen and oxygen atoms in total. The molecule has 1 aromatic carbocycles. The molecule has 1 aromatic rings. The minimum Gasteiger partial charge on any atom is -0.487 e. The zero-order chi connectivity index (χ0) is 8.55. The molecule has 1 unspecified atom stereocenters. The van der Waals surface area contributed by atoms with Crippen LogP contribution in [0.25, 0.3) is 0 Å². The van der Waals surface area contributed by atoms with E-state index in [1.165, 1.54) is 0 Å². The second-order valence-corrected chi connectivity index (χ2v) is 3.33. The minimum absolute atomic E-state index is 0.218. The second-order valence-electron chi connectivity index (χ2n) is 2.92. The fourth-order valence-corrected chi connectivity index (χ4v) is 1.51. The number of halogens is 1. The zero-order valence-corrected chi connectivity index (χ0v) is 7.56. The molecule has 0 radical (unpaired) electrons. The van der Waals surface area contributed by atoms with Gasteiger partial charge >= 0.3 is 0 Å². The molecular weight excluding hydrogens is 174 g/mol. The van der Waals surface area contributed by atoms with Crippen LogP contribution in [0.4, 0.5) is 5.69 Å². The maximum atomic E-state index is 5.95. The van der Waals surface area contributed by atoms with Gasteiger partial charge in [0, 0.05) is 0 Å². The predicted molar refractivity (Wildman–Crippen MR) is 50.0 cm³/mol. The summed E-state index contributed by atoms with van der Waals surface area (Å²) in [7, 11) is 0. The van der Waals surface area contributed by atoms with E-state index in [1.54, 1.807) is 0 Å². The molecule has 0 fully saturated rings. The summed E-state index contributed by atoms with van der Waals surface area (Å²) in [6.07, 6.45) is 0.218. The second kappa shape index (κ2) is 2.87. The van der Waals surface area contributed by atoms with Crippen LogP contribution in [0.3, 0.4) is 0 Å². The van der Waals surface area contributed by atoms with Crippen LogP contribution in [0, 0.1) is 0 Å². The third kappa shape index (κ3) is 1.23. The van der Waals surface area contributed by atoms with Gasteiger partial charge in [-0.05, 0) is 19.1 Å². The fraction of sp³-hybridized carbons (Fsp3) is 0.333. The lowest BCUT2D eigenvalue weighted by Crippen LogP contribution is -2.27. The quantitative estimate of drug-likeness (QED) is 0.668. The Balaban J connectivity index is 2.42. The number of benzene rings is 1. The van der Waals surface area contributed by atoms with Gasteiger partial charge in [-0.25, -0.2) is 0 Å². The molecule has 0 amide bonds. The van der Waals surface area contributed by atoms with Crippen molar-refractivity contribution in [2.24, 2.45) is 0 Å². The normalized spacial score (nSPS) is 20.7. The summed E-state index contributed by atoms with van der Waals surface area (Å²) in [5.41, 5.74) is 0.914.